The normalized spacial score (nSPS) is 35.4. The summed E-state index contributed by atoms with van der Waals surface area (Å²) in [5.41, 5.74) is 0. The van der Waals surface area contributed by atoms with Crippen LogP contribution >= 0.6 is 0 Å². The van der Waals surface area contributed by atoms with E-state index in [9.17, 15) is 0 Å². The molecule has 2 atom stereocenters. The predicted octanol–water partition coefficient (Wildman–Crippen LogP) is 0.527. The quantitative estimate of drug-likeness (QED) is 0.481. The summed E-state index contributed by atoms with van der Waals surface area (Å²) in [6.07, 6.45) is 1.08. The van der Waals surface area contributed by atoms with Crippen LogP contribution in [0.5, 0.6) is 0 Å². The van der Waals surface area contributed by atoms with Crippen LogP contribution < -0.4 is 0 Å². The first kappa shape index (κ1) is 6.45. The summed E-state index contributed by atoms with van der Waals surface area (Å²) in [5.74, 6) is 0.606. The van der Waals surface area contributed by atoms with E-state index in [0.29, 0.717) is 5.92 Å². The van der Waals surface area contributed by atoms with E-state index in [1.807, 2.05) is 6.92 Å². The first-order valence-corrected chi connectivity index (χ1v) is 2.24. The highest BCUT2D eigenvalue weighted by atomic mass is 16.3. The van der Waals surface area contributed by atoms with Crippen LogP contribution in [0.15, 0.2) is 0 Å². The summed E-state index contributed by atoms with van der Waals surface area (Å²) in [5, 5.41) is 14.9. The molecule has 2 heteroatoms. The molecule has 0 radical (unpaired) electrons. The van der Waals surface area contributed by atoms with Crippen LogP contribution in [0.25, 0.3) is 0 Å². The topological polar surface area (TPSA) is 44.0 Å². The summed E-state index contributed by atoms with van der Waals surface area (Å²) in [6, 6.07) is 0. The first-order chi connectivity index (χ1) is 3.30. The molecule has 0 bridgehead atoms. The second kappa shape index (κ2) is 2.59. The number of hydrogen-bond donors (Lipinski definition) is 1. The van der Waals surface area contributed by atoms with Gasteiger partial charge in [0.25, 0.3) is 0 Å². The van der Waals surface area contributed by atoms with E-state index < -0.39 is 0 Å². The number of aliphatic hydroxyl groups is 1. The lowest BCUT2D eigenvalue weighted by Gasteiger charge is -1.68. The van der Waals surface area contributed by atoms with Gasteiger partial charge in [-0.1, -0.05) is 6.92 Å². The van der Waals surface area contributed by atoms with Gasteiger partial charge in [-0.25, -0.2) is 5.26 Å². The Kier molecular flexibility index (Phi) is 2.39. The smallest absolute Gasteiger partial charge is 0.0570 e. The molecule has 0 spiro atoms. The molecule has 7 heavy (non-hydrogen) atoms. The van der Waals surface area contributed by atoms with E-state index >= 15 is 0 Å². The lowest BCUT2D eigenvalue weighted by molar-refractivity contribution is 0.263. The maximum atomic E-state index is 8.44. The number of nitrogens with zero attached hydrogens (tertiary/aromatic N) is 1. The third kappa shape index (κ3) is 2.18. The largest absolute Gasteiger partial charge is 0.393 e. The fraction of sp³-hybridized carbons (Fsp3) is 0.800. The molecule has 1 aliphatic carbocycles. The highest BCUT2D eigenvalue weighted by molar-refractivity contribution is 4.80. The molecule has 1 fully saturated rings. The molecule has 1 rings (SSSR count). The van der Waals surface area contributed by atoms with Gasteiger partial charge >= 0.3 is 0 Å². The summed E-state index contributed by atoms with van der Waals surface area (Å²) in [7, 11) is 0. The Balaban J connectivity index is 0.000000162. The third-order valence-electron chi connectivity index (χ3n) is 1.07. The van der Waals surface area contributed by atoms with Gasteiger partial charge in [0.1, 0.15) is 0 Å². The van der Waals surface area contributed by atoms with Gasteiger partial charge in [0, 0.05) is 6.57 Å². The van der Waals surface area contributed by atoms with Crippen LogP contribution in [0.3, 0.4) is 0 Å². The van der Waals surface area contributed by atoms with Crippen LogP contribution in [0.2, 0.25) is 0 Å². The molecule has 1 aliphatic rings. The summed E-state index contributed by atoms with van der Waals surface area (Å²) in [6.45, 7) is 5.55. The zero-order chi connectivity index (χ0) is 5.86. The Morgan fingerprint density at radius 2 is 1.86 bits per heavy atom. The number of hydrogen-bond acceptors (Lipinski definition) is 2. The molecule has 1 N–H and O–H groups in total. The van der Waals surface area contributed by atoms with Crippen molar-refractivity contribution >= 4 is 0 Å². The predicted molar refractivity (Wildman–Crippen MR) is 26.5 cm³/mol. The van der Waals surface area contributed by atoms with Crippen molar-refractivity contribution < 1.29 is 5.11 Å². The second-order valence-corrected chi connectivity index (χ2v) is 1.78. The molecule has 2 nitrogen and oxygen atoms in total. The van der Waals surface area contributed by atoms with Crippen molar-refractivity contribution in [2.24, 2.45) is 5.92 Å². The number of nitriles is 1. The summed E-state index contributed by atoms with van der Waals surface area (Å²) < 4.78 is 0. The van der Waals surface area contributed by atoms with E-state index in [1.165, 1.54) is 0 Å². The van der Waals surface area contributed by atoms with Crippen LogP contribution in [0.1, 0.15) is 13.3 Å². The van der Waals surface area contributed by atoms with Crippen molar-refractivity contribution in [1.29, 1.82) is 5.26 Å². The SMILES string of the molecule is C#N.CC1CC1O. The van der Waals surface area contributed by atoms with Crippen LogP contribution in [0.4, 0.5) is 0 Å². The minimum Gasteiger partial charge on any atom is -0.393 e. The van der Waals surface area contributed by atoms with Crippen molar-refractivity contribution in [3.05, 3.63) is 0 Å². The van der Waals surface area contributed by atoms with E-state index in [0.717, 1.165) is 6.42 Å². The van der Waals surface area contributed by atoms with E-state index in [2.05, 4.69) is 6.57 Å². The molecular weight excluding hydrogens is 90.1 g/mol. The number of aliphatic hydroxyl groups excluding tert-OH is 1. The Morgan fingerprint density at radius 1 is 1.71 bits per heavy atom. The highest BCUT2D eigenvalue weighted by Crippen LogP contribution is 2.27. The monoisotopic (exact) mass is 99.1 g/mol. The zero-order valence-electron chi connectivity index (χ0n) is 4.33. The van der Waals surface area contributed by atoms with Crippen LogP contribution in [-0.2, 0) is 0 Å². The average molecular weight is 99.1 g/mol. The lowest BCUT2D eigenvalue weighted by atomic mass is 10.5. The third-order valence-corrected chi connectivity index (χ3v) is 1.07. The van der Waals surface area contributed by atoms with Gasteiger partial charge in [-0.15, -0.1) is 0 Å². The molecular formula is C5H9NO. The standard InChI is InChI=1S/C4H8O.CHN/c1-3-2-4(3)5;1-2/h3-5H,2H2,1H3;1H. The van der Waals surface area contributed by atoms with Gasteiger partial charge in [0.15, 0.2) is 0 Å². The zero-order valence-corrected chi connectivity index (χ0v) is 4.33. The van der Waals surface area contributed by atoms with Crippen molar-refractivity contribution in [2.45, 2.75) is 19.4 Å². The average Bonchev–Trinajstić information content (AvgIpc) is 2.27. The van der Waals surface area contributed by atoms with Crippen molar-refractivity contribution in [2.75, 3.05) is 0 Å². The minimum atomic E-state index is 0.0509. The van der Waals surface area contributed by atoms with Crippen molar-refractivity contribution in [3.63, 3.8) is 0 Å². The maximum Gasteiger partial charge on any atom is 0.0570 e. The van der Waals surface area contributed by atoms with Crippen LogP contribution in [-0.4, -0.2) is 11.2 Å². The van der Waals surface area contributed by atoms with Crippen LogP contribution in [0, 0.1) is 17.8 Å². The molecule has 0 aromatic carbocycles. The van der Waals surface area contributed by atoms with Crippen molar-refractivity contribution in [3.8, 4) is 6.57 Å². The van der Waals surface area contributed by atoms with Gasteiger partial charge < -0.3 is 5.11 Å². The van der Waals surface area contributed by atoms with E-state index in [1.54, 1.807) is 0 Å². The Labute approximate surface area is 43.4 Å². The fourth-order valence-electron chi connectivity index (χ4n) is 0.302. The van der Waals surface area contributed by atoms with E-state index in [-0.39, 0.29) is 6.10 Å². The summed E-state index contributed by atoms with van der Waals surface area (Å²) in [4.78, 5) is 0. The molecule has 2 unspecified atom stereocenters. The van der Waals surface area contributed by atoms with Gasteiger partial charge in [-0.3, -0.25) is 0 Å². The highest BCUT2D eigenvalue weighted by Gasteiger charge is 2.29. The Hall–Kier alpha value is -0.550. The Morgan fingerprint density at radius 3 is 1.86 bits per heavy atom. The van der Waals surface area contributed by atoms with Gasteiger partial charge in [0.05, 0.1) is 6.10 Å². The first-order valence-electron chi connectivity index (χ1n) is 2.24. The molecule has 40 valence electrons. The second-order valence-electron chi connectivity index (χ2n) is 1.78. The van der Waals surface area contributed by atoms with Gasteiger partial charge in [-0.2, -0.15) is 0 Å². The lowest BCUT2D eigenvalue weighted by Crippen LogP contribution is -1.74. The minimum absolute atomic E-state index is 0.0509. The van der Waals surface area contributed by atoms with Gasteiger partial charge in [-0.05, 0) is 12.3 Å². The summed E-state index contributed by atoms with van der Waals surface area (Å²) >= 11 is 0. The molecule has 0 heterocycles. The molecule has 0 saturated heterocycles. The van der Waals surface area contributed by atoms with Gasteiger partial charge in [0.2, 0.25) is 0 Å². The molecule has 0 aromatic heterocycles. The maximum absolute atomic E-state index is 8.44. The molecule has 0 aliphatic heterocycles. The molecule has 1 saturated carbocycles. The molecule has 0 aromatic rings. The van der Waals surface area contributed by atoms with Crippen molar-refractivity contribution in [1.82, 2.24) is 0 Å². The molecule has 0 amide bonds. The fourth-order valence-corrected chi connectivity index (χ4v) is 0.302. The van der Waals surface area contributed by atoms with E-state index in [4.69, 9.17) is 10.4 Å². The number of rotatable bonds is 0. The Bertz CT molecular complexity index is 63.7.